The first-order valence-electron chi connectivity index (χ1n) is 5.83. The molecule has 0 saturated heterocycles. The van der Waals surface area contributed by atoms with Gasteiger partial charge in [-0.05, 0) is 0 Å². The molecule has 2 rings (SSSR count). The number of nitrogens with one attached hydrogen (secondary N) is 1. The van der Waals surface area contributed by atoms with Crippen molar-refractivity contribution < 1.29 is 4.92 Å². The monoisotopic (exact) mass is 281 g/mol. The average Bonchev–Trinajstić information content (AvgIpc) is 2.93. The minimum absolute atomic E-state index is 0.00514. The topological polar surface area (TPSA) is 85.9 Å². The summed E-state index contributed by atoms with van der Waals surface area (Å²) in [6.07, 6.45) is 1.74. The van der Waals surface area contributed by atoms with E-state index in [0.717, 1.165) is 4.88 Å². The first kappa shape index (κ1) is 13.5. The van der Waals surface area contributed by atoms with Crippen LogP contribution < -0.4 is 5.32 Å². The van der Waals surface area contributed by atoms with Gasteiger partial charge in [0.25, 0.3) is 0 Å². The van der Waals surface area contributed by atoms with E-state index in [1.807, 2.05) is 13.8 Å². The molecule has 0 aliphatic heterocycles. The zero-order valence-corrected chi connectivity index (χ0v) is 11.8. The van der Waals surface area contributed by atoms with Crippen molar-refractivity contribution >= 4 is 22.8 Å². The van der Waals surface area contributed by atoms with Crippen LogP contribution in [0, 0.1) is 10.1 Å². The van der Waals surface area contributed by atoms with Crippen molar-refractivity contribution in [1.29, 1.82) is 0 Å². The molecule has 102 valence electrons. The summed E-state index contributed by atoms with van der Waals surface area (Å²) in [4.78, 5) is 15.8. The van der Waals surface area contributed by atoms with Crippen LogP contribution in [-0.2, 0) is 13.6 Å². The number of anilines is 1. The smallest absolute Gasteiger partial charge is 0.334 e. The number of aryl methyl sites for hydroxylation is 1. The summed E-state index contributed by atoms with van der Waals surface area (Å²) in [6, 6.07) is 0. The number of hydrogen-bond donors (Lipinski definition) is 1. The highest BCUT2D eigenvalue weighted by Crippen LogP contribution is 2.33. The van der Waals surface area contributed by atoms with Crippen molar-refractivity contribution in [2.45, 2.75) is 26.3 Å². The molecule has 0 bridgehead atoms. The Labute approximate surface area is 114 Å². The summed E-state index contributed by atoms with van der Waals surface area (Å²) >= 11 is 1.50. The molecule has 0 amide bonds. The zero-order chi connectivity index (χ0) is 14.0. The second-order valence-electron chi connectivity index (χ2n) is 4.44. The minimum Gasteiger partial charge on any atom is -0.360 e. The molecule has 7 nitrogen and oxygen atoms in total. The lowest BCUT2D eigenvalue weighted by molar-refractivity contribution is -0.384. The molecule has 0 spiro atoms. The van der Waals surface area contributed by atoms with E-state index < -0.39 is 0 Å². The van der Waals surface area contributed by atoms with Crippen molar-refractivity contribution in [3.8, 4) is 0 Å². The molecule has 8 heteroatoms. The van der Waals surface area contributed by atoms with E-state index in [-0.39, 0.29) is 16.5 Å². The summed E-state index contributed by atoms with van der Waals surface area (Å²) in [5.41, 5.74) is 2.29. The van der Waals surface area contributed by atoms with Crippen LogP contribution in [0.2, 0.25) is 0 Å². The van der Waals surface area contributed by atoms with E-state index in [4.69, 9.17) is 0 Å². The van der Waals surface area contributed by atoms with Crippen LogP contribution in [0.15, 0.2) is 11.7 Å². The van der Waals surface area contributed by atoms with E-state index in [2.05, 4.69) is 15.4 Å². The molecule has 0 unspecified atom stereocenters. The average molecular weight is 281 g/mol. The summed E-state index contributed by atoms with van der Waals surface area (Å²) in [5.74, 6) is 0.438. The maximum atomic E-state index is 11.2. The maximum absolute atomic E-state index is 11.2. The molecule has 0 atom stereocenters. The molecule has 19 heavy (non-hydrogen) atoms. The highest BCUT2D eigenvalue weighted by atomic mass is 32.1. The van der Waals surface area contributed by atoms with E-state index >= 15 is 0 Å². The van der Waals surface area contributed by atoms with E-state index in [9.17, 15) is 10.1 Å². The van der Waals surface area contributed by atoms with Crippen molar-refractivity contribution in [2.75, 3.05) is 5.32 Å². The largest absolute Gasteiger partial charge is 0.360 e. The van der Waals surface area contributed by atoms with Gasteiger partial charge in [0.05, 0.1) is 17.0 Å². The molecule has 0 saturated carbocycles. The molecule has 0 radical (unpaired) electrons. The number of rotatable bonds is 5. The first-order chi connectivity index (χ1) is 9.00. The highest BCUT2D eigenvalue weighted by molar-refractivity contribution is 7.09. The fraction of sp³-hybridized carbons (Fsp3) is 0.455. The van der Waals surface area contributed by atoms with Gasteiger partial charge in [0, 0.05) is 24.0 Å². The lowest BCUT2D eigenvalue weighted by atomic mass is 10.1. The van der Waals surface area contributed by atoms with Gasteiger partial charge in [-0.2, -0.15) is 5.10 Å². The number of hydrogen-bond acceptors (Lipinski definition) is 6. The van der Waals surface area contributed by atoms with Gasteiger partial charge in [-0.1, -0.05) is 13.8 Å². The molecule has 2 aromatic heterocycles. The summed E-state index contributed by atoms with van der Waals surface area (Å²) in [6.45, 7) is 4.28. The lowest BCUT2D eigenvalue weighted by Gasteiger charge is -2.04. The lowest BCUT2D eigenvalue weighted by Crippen LogP contribution is -2.05. The third kappa shape index (κ3) is 2.73. The molecule has 2 heterocycles. The predicted molar refractivity (Wildman–Crippen MR) is 73.4 cm³/mol. The first-order valence-corrected chi connectivity index (χ1v) is 6.71. The van der Waals surface area contributed by atoms with Gasteiger partial charge in [-0.3, -0.25) is 15.1 Å². The van der Waals surface area contributed by atoms with Crippen molar-refractivity contribution in [3.63, 3.8) is 0 Å². The summed E-state index contributed by atoms with van der Waals surface area (Å²) < 4.78 is 1.52. The van der Waals surface area contributed by atoms with Crippen LogP contribution in [0.25, 0.3) is 0 Å². The van der Waals surface area contributed by atoms with Crippen molar-refractivity contribution in [2.24, 2.45) is 7.05 Å². The fourth-order valence-electron chi connectivity index (χ4n) is 1.80. The molecule has 0 fully saturated rings. The van der Waals surface area contributed by atoms with Gasteiger partial charge in [0.2, 0.25) is 5.82 Å². The number of thiazole rings is 1. The van der Waals surface area contributed by atoms with E-state index in [0.29, 0.717) is 18.1 Å². The van der Waals surface area contributed by atoms with Gasteiger partial charge in [0.1, 0.15) is 5.69 Å². The third-order valence-electron chi connectivity index (χ3n) is 2.69. The normalized spacial score (nSPS) is 10.9. The Kier molecular flexibility index (Phi) is 3.79. The summed E-state index contributed by atoms with van der Waals surface area (Å²) in [5, 5.41) is 18.5. The predicted octanol–water partition coefficient (Wildman–Crippen LogP) is 2.52. The SMILES string of the molecule is CC(C)c1nn(C)c(NCc2cncs2)c1[N+](=O)[O-]. The van der Waals surface area contributed by atoms with Crippen LogP contribution in [0.5, 0.6) is 0 Å². The summed E-state index contributed by atoms with van der Waals surface area (Å²) in [7, 11) is 1.70. The quantitative estimate of drug-likeness (QED) is 0.672. The third-order valence-corrected chi connectivity index (χ3v) is 3.47. The Hall–Kier alpha value is -1.96. The van der Waals surface area contributed by atoms with Crippen LogP contribution in [0.4, 0.5) is 11.5 Å². The van der Waals surface area contributed by atoms with Crippen LogP contribution >= 0.6 is 11.3 Å². The van der Waals surface area contributed by atoms with Crippen LogP contribution in [0.3, 0.4) is 0 Å². The molecule has 1 N–H and O–H groups in total. The molecule has 2 aromatic rings. The molecule has 0 aliphatic rings. The van der Waals surface area contributed by atoms with Gasteiger partial charge in [-0.25, -0.2) is 4.68 Å². The van der Waals surface area contributed by atoms with Crippen molar-refractivity contribution in [3.05, 3.63) is 32.4 Å². The zero-order valence-electron chi connectivity index (χ0n) is 11.0. The molecule has 0 aromatic carbocycles. The fourth-order valence-corrected chi connectivity index (χ4v) is 2.34. The molecule has 0 aliphatic carbocycles. The van der Waals surface area contributed by atoms with E-state index in [1.165, 1.54) is 16.0 Å². The van der Waals surface area contributed by atoms with E-state index in [1.54, 1.807) is 18.8 Å². The maximum Gasteiger partial charge on any atom is 0.334 e. The standard InChI is InChI=1S/C11H15N5O2S/c1-7(2)9-10(16(17)18)11(15(3)14-9)13-5-8-4-12-6-19-8/h4,6-7,13H,5H2,1-3H3. The Morgan fingerprint density at radius 1 is 1.58 bits per heavy atom. The van der Waals surface area contributed by atoms with Gasteiger partial charge in [-0.15, -0.1) is 11.3 Å². The second-order valence-corrected chi connectivity index (χ2v) is 5.41. The Morgan fingerprint density at radius 2 is 2.32 bits per heavy atom. The van der Waals surface area contributed by atoms with Crippen LogP contribution in [0.1, 0.15) is 30.3 Å². The molecular weight excluding hydrogens is 266 g/mol. The Morgan fingerprint density at radius 3 is 2.84 bits per heavy atom. The van der Waals surface area contributed by atoms with Crippen LogP contribution in [-0.4, -0.2) is 19.7 Å². The Bertz CT molecular complexity index is 576. The second kappa shape index (κ2) is 5.35. The number of nitro groups is 1. The number of aromatic nitrogens is 3. The number of nitrogens with zero attached hydrogens (tertiary/aromatic N) is 4. The van der Waals surface area contributed by atoms with Gasteiger partial charge in [0.15, 0.2) is 0 Å². The molecular formula is C11H15N5O2S. The minimum atomic E-state index is -0.378. The highest BCUT2D eigenvalue weighted by Gasteiger charge is 2.28. The Balaban J connectivity index is 2.30. The van der Waals surface area contributed by atoms with Gasteiger partial charge >= 0.3 is 5.69 Å². The van der Waals surface area contributed by atoms with Crippen molar-refractivity contribution in [1.82, 2.24) is 14.8 Å². The van der Waals surface area contributed by atoms with Gasteiger partial charge < -0.3 is 5.32 Å².